The van der Waals surface area contributed by atoms with E-state index in [0.29, 0.717) is 34.2 Å². The average Bonchev–Trinajstić information content (AvgIpc) is 3.09. The van der Waals surface area contributed by atoms with Gasteiger partial charge in [0.15, 0.2) is 9.84 Å². The Bertz CT molecular complexity index is 929. The quantitative estimate of drug-likeness (QED) is 0.537. The van der Waals surface area contributed by atoms with Crippen molar-refractivity contribution in [1.82, 2.24) is 10.2 Å². The Morgan fingerprint density at radius 3 is 2.71 bits per heavy atom. The molecule has 10 heteroatoms. The van der Waals surface area contributed by atoms with E-state index in [1.807, 2.05) is 0 Å². The minimum absolute atomic E-state index is 0.0123. The van der Waals surface area contributed by atoms with Crippen LogP contribution >= 0.6 is 24.0 Å². The molecule has 1 N–H and O–H groups in total. The summed E-state index contributed by atoms with van der Waals surface area (Å²) in [5, 5.41) is 2.73. The Kier molecular flexibility index (Phi) is 6.51. The molecule has 150 valence electrons. The molecular formula is C18H19FN2O4S3. The van der Waals surface area contributed by atoms with Crippen LogP contribution in [0.4, 0.5) is 4.39 Å². The standard InChI is InChI=1S/C18H19FN2O4S3/c19-13-5-3-12(4-6-13)10-15-17(23)21(18(26)27-15)8-1-2-16(22)20-14-7-9-28(24,25)11-14/h3-6,10,14H,1-2,7-9,11H2,(H,20,22)/b15-10-/t14-/m0/s1. The summed E-state index contributed by atoms with van der Waals surface area (Å²) in [6.45, 7) is 0.307. The van der Waals surface area contributed by atoms with Crippen LogP contribution in [0.5, 0.6) is 0 Å². The lowest BCUT2D eigenvalue weighted by atomic mass is 10.2. The fourth-order valence-corrected chi connectivity index (χ4v) is 5.99. The number of thioether (sulfide) groups is 1. The third-order valence-electron chi connectivity index (χ3n) is 4.42. The van der Waals surface area contributed by atoms with Gasteiger partial charge in [-0.2, -0.15) is 0 Å². The van der Waals surface area contributed by atoms with Crippen molar-refractivity contribution in [3.8, 4) is 0 Å². The van der Waals surface area contributed by atoms with Gasteiger partial charge in [-0.1, -0.05) is 36.1 Å². The Balaban J connectivity index is 1.49. The monoisotopic (exact) mass is 442 g/mol. The SMILES string of the molecule is O=C(CCCN1C(=O)/C(=C/c2ccc(F)cc2)SC1=S)N[C@H]1CCS(=O)(=O)C1. The second kappa shape index (κ2) is 8.71. The molecule has 0 radical (unpaired) electrons. The summed E-state index contributed by atoms with van der Waals surface area (Å²) in [7, 11) is -3.04. The molecule has 2 aliphatic rings. The van der Waals surface area contributed by atoms with E-state index in [4.69, 9.17) is 12.2 Å². The van der Waals surface area contributed by atoms with E-state index in [1.54, 1.807) is 18.2 Å². The fraction of sp³-hybridized carbons (Fsp3) is 0.389. The molecule has 28 heavy (non-hydrogen) atoms. The van der Waals surface area contributed by atoms with Gasteiger partial charge < -0.3 is 5.32 Å². The fourth-order valence-electron chi connectivity index (χ4n) is 3.01. The number of rotatable bonds is 6. The Morgan fingerprint density at radius 2 is 2.07 bits per heavy atom. The van der Waals surface area contributed by atoms with Gasteiger partial charge in [0.1, 0.15) is 10.1 Å². The van der Waals surface area contributed by atoms with Crippen LogP contribution in [0.2, 0.25) is 0 Å². The first-order valence-electron chi connectivity index (χ1n) is 8.74. The van der Waals surface area contributed by atoms with Gasteiger partial charge in [0, 0.05) is 19.0 Å². The van der Waals surface area contributed by atoms with Crippen molar-refractivity contribution >= 4 is 56.0 Å². The minimum atomic E-state index is -3.04. The lowest BCUT2D eigenvalue weighted by Gasteiger charge is -2.15. The van der Waals surface area contributed by atoms with Gasteiger partial charge in [-0.3, -0.25) is 14.5 Å². The number of thiocarbonyl (C=S) groups is 1. The van der Waals surface area contributed by atoms with Crippen LogP contribution in [0, 0.1) is 5.82 Å². The molecule has 0 bridgehead atoms. The average molecular weight is 443 g/mol. The molecule has 2 aliphatic heterocycles. The molecule has 0 aromatic heterocycles. The van der Waals surface area contributed by atoms with Crippen LogP contribution in [0.3, 0.4) is 0 Å². The highest BCUT2D eigenvalue weighted by atomic mass is 32.2. The van der Waals surface area contributed by atoms with Gasteiger partial charge in [-0.05, 0) is 36.6 Å². The van der Waals surface area contributed by atoms with Gasteiger partial charge in [-0.25, -0.2) is 12.8 Å². The smallest absolute Gasteiger partial charge is 0.266 e. The van der Waals surface area contributed by atoms with Crippen LogP contribution in [-0.4, -0.2) is 53.5 Å². The molecule has 6 nitrogen and oxygen atoms in total. The third kappa shape index (κ3) is 5.39. The van der Waals surface area contributed by atoms with Crippen molar-refractivity contribution in [2.45, 2.75) is 25.3 Å². The Hall–Kier alpha value is -1.78. The van der Waals surface area contributed by atoms with E-state index >= 15 is 0 Å². The van der Waals surface area contributed by atoms with E-state index in [2.05, 4.69) is 5.32 Å². The van der Waals surface area contributed by atoms with Crippen molar-refractivity contribution in [3.05, 3.63) is 40.6 Å². The van der Waals surface area contributed by atoms with Gasteiger partial charge in [0.25, 0.3) is 5.91 Å². The Morgan fingerprint density at radius 1 is 1.36 bits per heavy atom. The number of nitrogens with zero attached hydrogens (tertiary/aromatic N) is 1. The first kappa shape index (κ1) is 20.9. The first-order valence-corrected chi connectivity index (χ1v) is 11.8. The van der Waals surface area contributed by atoms with Gasteiger partial charge >= 0.3 is 0 Å². The largest absolute Gasteiger partial charge is 0.352 e. The van der Waals surface area contributed by atoms with Crippen molar-refractivity contribution < 1.29 is 22.4 Å². The molecule has 1 aromatic rings. The predicted molar refractivity (Wildman–Crippen MR) is 111 cm³/mol. The lowest BCUT2D eigenvalue weighted by molar-refractivity contribution is -0.124. The molecule has 1 atom stereocenters. The van der Waals surface area contributed by atoms with Crippen LogP contribution in [0.1, 0.15) is 24.8 Å². The zero-order chi connectivity index (χ0) is 20.3. The molecular weight excluding hydrogens is 423 g/mol. The number of hydrogen-bond donors (Lipinski definition) is 1. The second-order valence-electron chi connectivity index (χ2n) is 6.66. The summed E-state index contributed by atoms with van der Waals surface area (Å²) < 4.78 is 36.3. The normalized spacial score (nSPS) is 22.8. The molecule has 2 saturated heterocycles. The second-order valence-corrected chi connectivity index (χ2v) is 10.6. The maximum atomic E-state index is 13.0. The van der Waals surface area contributed by atoms with Crippen molar-refractivity contribution in [3.63, 3.8) is 0 Å². The number of carbonyl (C=O) groups is 2. The highest BCUT2D eigenvalue weighted by Crippen LogP contribution is 2.32. The molecule has 2 heterocycles. The molecule has 2 amide bonds. The van der Waals surface area contributed by atoms with Crippen molar-refractivity contribution in [2.75, 3.05) is 18.1 Å². The topological polar surface area (TPSA) is 83.6 Å². The summed E-state index contributed by atoms with van der Waals surface area (Å²) >= 11 is 6.43. The summed E-state index contributed by atoms with van der Waals surface area (Å²) in [4.78, 5) is 26.4. The number of sulfone groups is 1. The predicted octanol–water partition coefficient (Wildman–Crippen LogP) is 2.11. The van der Waals surface area contributed by atoms with Gasteiger partial charge in [0.2, 0.25) is 5.91 Å². The third-order valence-corrected chi connectivity index (χ3v) is 7.57. The van der Waals surface area contributed by atoms with Crippen LogP contribution in [0.15, 0.2) is 29.2 Å². The van der Waals surface area contributed by atoms with Crippen LogP contribution in [-0.2, 0) is 19.4 Å². The highest BCUT2D eigenvalue weighted by molar-refractivity contribution is 8.26. The molecule has 3 rings (SSSR count). The summed E-state index contributed by atoms with van der Waals surface area (Å²) in [6.07, 6.45) is 2.70. The number of amides is 2. The summed E-state index contributed by atoms with van der Waals surface area (Å²) in [6, 6.07) is 5.47. The molecule has 1 aromatic carbocycles. The van der Waals surface area contributed by atoms with Crippen LogP contribution < -0.4 is 5.32 Å². The molecule has 0 saturated carbocycles. The van der Waals surface area contributed by atoms with Crippen molar-refractivity contribution in [1.29, 1.82) is 0 Å². The number of hydrogen-bond acceptors (Lipinski definition) is 6. The minimum Gasteiger partial charge on any atom is -0.352 e. The summed E-state index contributed by atoms with van der Waals surface area (Å²) in [5.41, 5.74) is 0.702. The summed E-state index contributed by atoms with van der Waals surface area (Å²) in [5.74, 6) is -0.717. The van der Waals surface area contributed by atoms with E-state index in [1.165, 1.54) is 28.8 Å². The van der Waals surface area contributed by atoms with Crippen LogP contribution in [0.25, 0.3) is 6.08 Å². The first-order chi connectivity index (χ1) is 13.2. The number of nitrogens with one attached hydrogen (secondary N) is 1. The molecule has 0 unspecified atom stereocenters. The molecule has 2 fully saturated rings. The number of halogens is 1. The lowest BCUT2D eigenvalue weighted by Crippen LogP contribution is -2.36. The maximum Gasteiger partial charge on any atom is 0.266 e. The van der Waals surface area contributed by atoms with E-state index in [9.17, 15) is 22.4 Å². The van der Waals surface area contributed by atoms with Gasteiger partial charge in [-0.15, -0.1) is 0 Å². The zero-order valence-corrected chi connectivity index (χ0v) is 17.3. The number of carbonyl (C=O) groups excluding carboxylic acids is 2. The van der Waals surface area contributed by atoms with Gasteiger partial charge in [0.05, 0.1) is 16.4 Å². The van der Waals surface area contributed by atoms with E-state index in [0.717, 1.165) is 0 Å². The van der Waals surface area contributed by atoms with E-state index in [-0.39, 0.29) is 41.6 Å². The molecule has 0 aliphatic carbocycles. The molecule has 0 spiro atoms. The van der Waals surface area contributed by atoms with E-state index < -0.39 is 9.84 Å². The Labute approximate surface area is 172 Å². The number of benzene rings is 1. The maximum absolute atomic E-state index is 13.0. The van der Waals surface area contributed by atoms with Crippen molar-refractivity contribution in [2.24, 2.45) is 0 Å². The highest BCUT2D eigenvalue weighted by Gasteiger charge is 2.32. The zero-order valence-electron chi connectivity index (χ0n) is 14.9.